The minimum absolute atomic E-state index is 0.0488. The van der Waals surface area contributed by atoms with Gasteiger partial charge in [-0.1, -0.05) is 0 Å². The molecule has 2 N–H and O–H groups in total. The van der Waals surface area contributed by atoms with E-state index >= 15 is 0 Å². The number of esters is 3. The monoisotopic (exact) mass is 433 g/mol. The van der Waals surface area contributed by atoms with Gasteiger partial charge in [0.1, 0.15) is 0 Å². The Balaban J connectivity index is 1.63. The Labute approximate surface area is 179 Å². The summed E-state index contributed by atoms with van der Waals surface area (Å²) in [6, 6.07) is 0. The Morgan fingerprint density at radius 1 is 1.00 bits per heavy atom. The van der Waals surface area contributed by atoms with E-state index in [1.807, 2.05) is 0 Å². The predicted molar refractivity (Wildman–Crippen MR) is 105 cm³/mol. The second-order valence-electron chi connectivity index (χ2n) is 8.91. The zero-order valence-corrected chi connectivity index (χ0v) is 17.7. The highest BCUT2D eigenvalue weighted by Crippen LogP contribution is 2.55. The van der Waals surface area contributed by atoms with Crippen molar-refractivity contribution in [3.8, 4) is 0 Å². The summed E-state index contributed by atoms with van der Waals surface area (Å²) < 4.78 is 14.6. The van der Waals surface area contributed by atoms with Crippen molar-refractivity contribution in [2.75, 3.05) is 13.2 Å². The highest BCUT2D eigenvalue weighted by molar-refractivity contribution is 6.22. The predicted octanol–water partition coefficient (Wildman–Crippen LogP) is 1.82. The van der Waals surface area contributed by atoms with E-state index in [0.29, 0.717) is 17.8 Å². The van der Waals surface area contributed by atoms with Crippen LogP contribution in [0.4, 0.5) is 0 Å². The molecule has 4 fully saturated rings. The minimum Gasteiger partial charge on any atom is -0.503 e. The quantitative estimate of drug-likeness (QED) is 0.213. The van der Waals surface area contributed by atoms with Gasteiger partial charge in [0.25, 0.3) is 5.91 Å². The molecule has 0 atom stereocenters. The number of hydrogen-bond donors (Lipinski definition) is 2. The van der Waals surface area contributed by atoms with E-state index in [2.05, 4.69) is 5.32 Å². The Morgan fingerprint density at radius 3 is 1.94 bits per heavy atom. The maximum absolute atomic E-state index is 13.0. The molecule has 4 bridgehead atoms. The molecular formula is C22H27NO8. The van der Waals surface area contributed by atoms with Crippen LogP contribution in [-0.2, 0) is 33.4 Å². The van der Waals surface area contributed by atoms with E-state index in [9.17, 15) is 24.3 Å². The molecule has 5 rings (SSSR count). The molecule has 0 aromatic heterocycles. The lowest BCUT2D eigenvalue weighted by Crippen LogP contribution is -2.60. The third-order valence-electron chi connectivity index (χ3n) is 6.68. The van der Waals surface area contributed by atoms with Crippen LogP contribution >= 0.6 is 0 Å². The zero-order chi connectivity index (χ0) is 22.3. The van der Waals surface area contributed by atoms with Crippen molar-refractivity contribution in [2.45, 2.75) is 57.9 Å². The van der Waals surface area contributed by atoms with Gasteiger partial charge in [0.05, 0.1) is 13.2 Å². The molecule has 1 heterocycles. The van der Waals surface area contributed by atoms with Crippen LogP contribution in [0, 0.1) is 17.8 Å². The summed E-state index contributed by atoms with van der Waals surface area (Å²) in [5.74, 6) is -3.97. The number of cyclic esters (lactones) is 1. The molecule has 0 radical (unpaired) electrons. The van der Waals surface area contributed by atoms with Crippen LogP contribution in [0.2, 0.25) is 0 Å². The summed E-state index contributed by atoms with van der Waals surface area (Å²) >= 11 is 0. The van der Waals surface area contributed by atoms with Crippen LogP contribution in [0.25, 0.3) is 0 Å². The van der Waals surface area contributed by atoms with E-state index in [0.717, 1.165) is 19.3 Å². The van der Waals surface area contributed by atoms with E-state index in [4.69, 9.17) is 14.2 Å². The summed E-state index contributed by atoms with van der Waals surface area (Å²) in [5.41, 5.74) is -1.76. The Hall–Kier alpha value is -2.84. The largest absolute Gasteiger partial charge is 0.503 e. The van der Waals surface area contributed by atoms with Gasteiger partial charge < -0.3 is 24.6 Å². The van der Waals surface area contributed by atoms with Gasteiger partial charge in [0.15, 0.2) is 22.7 Å². The molecule has 31 heavy (non-hydrogen) atoms. The third-order valence-corrected chi connectivity index (χ3v) is 6.68. The Morgan fingerprint density at radius 2 is 1.48 bits per heavy atom. The van der Waals surface area contributed by atoms with E-state index < -0.39 is 52.0 Å². The molecule has 0 spiro atoms. The first-order chi connectivity index (χ1) is 14.8. The zero-order valence-electron chi connectivity index (χ0n) is 17.7. The van der Waals surface area contributed by atoms with Gasteiger partial charge in [0.2, 0.25) is 0 Å². The maximum Gasteiger partial charge on any atom is 0.353 e. The highest BCUT2D eigenvalue weighted by atomic mass is 16.6. The van der Waals surface area contributed by atoms with Crippen molar-refractivity contribution in [1.29, 1.82) is 0 Å². The number of rotatable bonds is 6. The number of ether oxygens (including phenoxy) is 3. The molecule has 0 aromatic rings. The summed E-state index contributed by atoms with van der Waals surface area (Å²) in [7, 11) is 0. The lowest BCUT2D eigenvalue weighted by molar-refractivity contribution is -0.147. The SMILES string of the molecule is CCOC(=O)C(C(=O)OCC)=C1OC(=O)C(C(=O)NC23CC4CC(CC(C4)C2)C3)=C1O. The number of carbonyl (C=O) groups excluding carboxylic acids is 4. The van der Waals surface area contributed by atoms with Crippen LogP contribution in [0.1, 0.15) is 52.4 Å². The second kappa shape index (κ2) is 8.01. The second-order valence-corrected chi connectivity index (χ2v) is 8.91. The van der Waals surface area contributed by atoms with Crippen molar-refractivity contribution in [3.05, 3.63) is 22.7 Å². The van der Waals surface area contributed by atoms with E-state index in [-0.39, 0.29) is 13.2 Å². The number of nitrogens with one attached hydrogen (secondary N) is 1. The summed E-state index contributed by atoms with van der Waals surface area (Å²) in [6.45, 7) is 2.97. The Bertz CT molecular complexity index is 844. The van der Waals surface area contributed by atoms with Crippen LogP contribution < -0.4 is 5.32 Å². The fourth-order valence-electron chi connectivity index (χ4n) is 6.01. The van der Waals surface area contributed by atoms with Crippen molar-refractivity contribution in [1.82, 2.24) is 5.32 Å². The maximum atomic E-state index is 13.0. The van der Waals surface area contributed by atoms with Crippen molar-refractivity contribution < 1.29 is 38.5 Å². The van der Waals surface area contributed by atoms with Gasteiger partial charge in [-0.15, -0.1) is 0 Å². The molecule has 5 aliphatic rings. The minimum atomic E-state index is -1.12. The molecule has 168 valence electrons. The molecule has 4 aliphatic carbocycles. The van der Waals surface area contributed by atoms with Crippen LogP contribution in [0.5, 0.6) is 0 Å². The molecule has 4 saturated carbocycles. The van der Waals surface area contributed by atoms with Gasteiger partial charge in [-0.3, -0.25) is 4.79 Å². The fourth-order valence-corrected chi connectivity index (χ4v) is 6.01. The molecule has 9 heteroatoms. The van der Waals surface area contributed by atoms with Crippen LogP contribution in [0.15, 0.2) is 22.7 Å². The number of aliphatic hydroxyl groups excluding tert-OH is 1. The molecule has 0 saturated heterocycles. The smallest absolute Gasteiger partial charge is 0.353 e. The first-order valence-electron chi connectivity index (χ1n) is 10.8. The van der Waals surface area contributed by atoms with Crippen LogP contribution in [-0.4, -0.2) is 47.7 Å². The topological polar surface area (TPSA) is 128 Å². The average molecular weight is 433 g/mol. The van der Waals surface area contributed by atoms with Crippen molar-refractivity contribution >= 4 is 23.8 Å². The van der Waals surface area contributed by atoms with E-state index in [1.165, 1.54) is 33.1 Å². The number of carbonyl (C=O) groups is 4. The number of hydrogen-bond acceptors (Lipinski definition) is 8. The first kappa shape index (κ1) is 21.4. The number of aliphatic hydroxyl groups is 1. The van der Waals surface area contributed by atoms with Gasteiger partial charge >= 0.3 is 17.9 Å². The van der Waals surface area contributed by atoms with Gasteiger partial charge in [0, 0.05) is 5.54 Å². The molecule has 1 aliphatic heterocycles. The Kier molecular flexibility index (Phi) is 5.53. The molecule has 0 aromatic carbocycles. The average Bonchev–Trinajstić information content (AvgIpc) is 2.95. The summed E-state index contributed by atoms with van der Waals surface area (Å²) in [5, 5.41) is 13.6. The van der Waals surface area contributed by atoms with E-state index in [1.54, 1.807) is 0 Å². The molecular weight excluding hydrogens is 406 g/mol. The summed E-state index contributed by atoms with van der Waals surface area (Å²) in [4.78, 5) is 50.0. The highest BCUT2D eigenvalue weighted by Gasteiger charge is 2.52. The van der Waals surface area contributed by atoms with Crippen molar-refractivity contribution in [2.24, 2.45) is 17.8 Å². The van der Waals surface area contributed by atoms with Crippen LogP contribution in [0.3, 0.4) is 0 Å². The van der Waals surface area contributed by atoms with Crippen molar-refractivity contribution in [3.63, 3.8) is 0 Å². The number of amides is 1. The first-order valence-corrected chi connectivity index (χ1v) is 10.8. The lowest BCUT2D eigenvalue weighted by Gasteiger charge is -2.56. The van der Waals surface area contributed by atoms with Gasteiger partial charge in [-0.05, 0) is 70.1 Å². The van der Waals surface area contributed by atoms with Gasteiger partial charge in [-0.2, -0.15) is 0 Å². The standard InChI is InChI=1S/C22H27NO8/c1-3-29-19(26)15(20(27)30-4-2)17-16(24)14(21(28)31-17)18(25)23-22-8-11-5-12(9-22)7-13(6-11)10-22/h11-13,24H,3-10H2,1-2H3,(H,23,25). The molecule has 0 unspecified atom stereocenters. The summed E-state index contributed by atoms with van der Waals surface area (Å²) in [6.07, 6.45) is 6.11. The fraction of sp³-hybridized carbons (Fsp3) is 0.636. The molecule has 9 nitrogen and oxygen atoms in total. The molecule has 1 amide bonds. The lowest BCUT2D eigenvalue weighted by atomic mass is 9.53. The third kappa shape index (κ3) is 3.81. The van der Waals surface area contributed by atoms with Gasteiger partial charge in [-0.25, -0.2) is 14.4 Å². The normalized spacial score (nSPS) is 30.8.